The van der Waals surface area contributed by atoms with E-state index in [0.717, 1.165) is 56.7 Å². The number of likely N-dealkylation sites (tertiary alicyclic amines) is 1. The quantitative estimate of drug-likeness (QED) is 0.366. The SMILES string of the molecule is Cc1cnc(Nc2ccc(N3CCC4(CCN(C)CC4)C3)cc2OC(F)F)nc1Nc1ccsc1C(N)=O. The summed E-state index contributed by atoms with van der Waals surface area (Å²) in [5, 5.41) is 7.87. The van der Waals surface area contributed by atoms with Crippen molar-refractivity contribution in [1.29, 1.82) is 0 Å². The van der Waals surface area contributed by atoms with Gasteiger partial charge >= 0.3 is 6.61 Å². The molecule has 3 aromatic rings. The van der Waals surface area contributed by atoms with Crippen molar-refractivity contribution in [2.75, 3.05) is 48.8 Å². The number of anilines is 5. The van der Waals surface area contributed by atoms with Crippen molar-refractivity contribution >= 4 is 46.1 Å². The highest BCUT2D eigenvalue weighted by atomic mass is 32.1. The van der Waals surface area contributed by atoms with Crippen LogP contribution >= 0.6 is 11.3 Å². The molecule has 2 aliphatic heterocycles. The molecule has 4 N–H and O–H groups in total. The van der Waals surface area contributed by atoms with E-state index in [2.05, 4.69) is 37.4 Å². The van der Waals surface area contributed by atoms with Crippen LogP contribution in [0.4, 0.5) is 37.6 Å². The standard InChI is InChI=1S/C26H31F2N7O2S/c1-16-14-30-25(33-23(16)31-19-5-12-38-21(19)22(29)36)32-18-4-3-17(13-20(18)37-24(27)28)35-11-8-26(15-35)6-9-34(2)10-7-26/h3-5,12-14,24H,6-11,15H2,1-2H3,(H2,29,36)(H2,30,31,32,33). The van der Waals surface area contributed by atoms with E-state index in [1.807, 2.05) is 13.0 Å². The van der Waals surface area contributed by atoms with Crippen LogP contribution in [0.15, 0.2) is 35.8 Å². The smallest absolute Gasteiger partial charge is 0.387 e. The Balaban J connectivity index is 1.36. The number of halogens is 2. The van der Waals surface area contributed by atoms with Gasteiger partial charge in [0.05, 0.1) is 11.4 Å². The molecule has 0 atom stereocenters. The van der Waals surface area contributed by atoms with Crippen LogP contribution in [-0.4, -0.2) is 60.6 Å². The van der Waals surface area contributed by atoms with Crippen molar-refractivity contribution in [3.63, 3.8) is 0 Å². The van der Waals surface area contributed by atoms with Crippen LogP contribution in [0, 0.1) is 12.3 Å². The van der Waals surface area contributed by atoms with Crippen molar-refractivity contribution in [2.45, 2.75) is 32.8 Å². The average Bonchev–Trinajstić information content (AvgIpc) is 3.52. The third kappa shape index (κ3) is 5.65. The van der Waals surface area contributed by atoms with Crippen LogP contribution < -0.4 is 26.0 Å². The molecule has 2 fully saturated rings. The summed E-state index contributed by atoms with van der Waals surface area (Å²) in [7, 11) is 2.15. The first kappa shape index (κ1) is 26.1. The highest BCUT2D eigenvalue weighted by Crippen LogP contribution is 2.43. The minimum absolute atomic E-state index is 0.0226. The maximum absolute atomic E-state index is 13.4. The molecular weight excluding hydrogens is 512 g/mol. The maximum atomic E-state index is 13.4. The largest absolute Gasteiger partial charge is 0.433 e. The number of carbonyl (C=O) groups excluding carboxylic acids is 1. The number of nitrogens with zero attached hydrogens (tertiary/aromatic N) is 4. The lowest BCUT2D eigenvalue weighted by Gasteiger charge is -2.37. The first-order valence-electron chi connectivity index (χ1n) is 12.5. The summed E-state index contributed by atoms with van der Waals surface area (Å²) >= 11 is 1.23. The predicted octanol–water partition coefficient (Wildman–Crippen LogP) is 4.96. The summed E-state index contributed by atoms with van der Waals surface area (Å²) in [4.78, 5) is 25.5. The van der Waals surface area contributed by atoms with Crippen LogP contribution in [0.25, 0.3) is 0 Å². The Morgan fingerprint density at radius 2 is 1.92 bits per heavy atom. The van der Waals surface area contributed by atoms with Crippen LogP contribution in [0.5, 0.6) is 5.75 Å². The Hall–Kier alpha value is -3.51. The zero-order chi connectivity index (χ0) is 26.9. The molecule has 1 amide bonds. The van der Waals surface area contributed by atoms with Gasteiger partial charge in [-0.15, -0.1) is 11.3 Å². The summed E-state index contributed by atoms with van der Waals surface area (Å²) in [6, 6.07) is 7.01. The minimum Gasteiger partial charge on any atom is -0.433 e. The van der Waals surface area contributed by atoms with E-state index in [4.69, 9.17) is 10.5 Å². The molecule has 2 saturated heterocycles. The molecule has 0 saturated carbocycles. The van der Waals surface area contributed by atoms with Gasteiger partial charge in [0.1, 0.15) is 10.7 Å². The fraction of sp³-hybridized carbons (Fsp3) is 0.423. The number of piperidine rings is 1. The molecule has 202 valence electrons. The van der Waals surface area contributed by atoms with Gasteiger partial charge in [0, 0.05) is 36.6 Å². The van der Waals surface area contributed by atoms with Gasteiger partial charge in [-0.2, -0.15) is 13.8 Å². The highest BCUT2D eigenvalue weighted by Gasteiger charge is 2.40. The number of thiophene rings is 1. The lowest BCUT2D eigenvalue weighted by atomic mass is 9.78. The van der Waals surface area contributed by atoms with Crippen molar-refractivity contribution in [3.8, 4) is 5.75 Å². The van der Waals surface area contributed by atoms with Crippen molar-refractivity contribution < 1.29 is 18.3 Å². The molecule has 38 heavy (non-hydrogen) atoms. The van der Waals surface area contributed by atoms with Gasteiger partial charge < -0.3 is 30.9 Å². The number of aryl methyl sites for hydroxylation is 1. The molecule has 0 bridgehead atoms. The van der Waals surface area contributed by atoms with Crippen LogP contribution in [0.3, 0.4) is 0 Å². The molecule has 5 rings (SSSR count). The van der Waals surface area contributed by atoms with Gasteiger partial charge in [-0.1, -0.05) is 0 Å². The number of ether oxygens (including phenoxy) is 1. The van der Waals surface area contributed by atoms with Gasteiger partial charge in [-0.3, -0.25) is 4.79 Å². The van der Waals surface area contributed by atoms with Gasteiger partial charge in [0.2, 0.25) is 5.95 Å². The van der Waals surface area contributed by atoms with Gasteiger partial charge in [-0.05, 0) is 75.3 Å². The topological polar surface area (TPSA) is 109 Å². The number of amides is 1. The Morgan fingerprint density at radius 3 is 2.66 bits per heavy atom. The fourth-order valence-corrected chi connectivity index (χ4v) is 5.84. The number of nitrogens with two attached hydrogens (primary N) is 1. The number of aromatic nitrogens is 2. The van der Waals surface area contributed by atoms with Gasteiger partial charge in [-0.25, -0.2) is 4.98 Å². The fourth-order valence-electron chi connectivity index (χ4n) is 5.14. The molecular formula is C26H31F2N7O2S. The number of alkyl halides is 2. The summed E-state index contributed by atoms with van der Waals surface area (Å²) < 4.78 is 31.6. The van der Waals surface area contributed by atoms with Crippen molar-refractivity contribution in [3.05, 3.63) is 46.3 Å². The molecule has 12 heteroatoms. The first-order chi connectivity index (χ1) is 18.2. The molecule has 9 nitrogen and oxygen atoms in total. The van der Waals surface area contributed by atoms with E-state index >= 15 is 0 Å². The third-order valence-corrected chi connectivity index (χ3v) is 8.32. The monoisotopic (exact) mass is 543 g/mol. The normalized spacial score (nSPS) is 17.2. The van der Waals surface area contributed by atoms with E-state index in [-0.39, 0.29) is 17.1 Å². The number of carbonyl (C=O) groups is 1. The minimum atomic E-state index is -2.98. The number of primary amides is 1. The number of rotatable bonds is 8. The number of nitrogens with one attached hydrogen (secondary N) is 2. The Labute approximate surface area is 224 Å². The zero-order valence-electron chi connectivity index (χ0n) is 21.3. The lowest BCUT2D eigenvalue weighted by Crippen LogP contribution is -2.39. The zero-order valence-corrected chi connectivity index (χ0v) is 22.2. The Kier molecular flexibility index (Phi) is 7.35. The average molecular weight is 544 g/mol. The van der Waals surface area contributed by atoms with Crippen LogP contribution in [0.2, 0.25) is 0 Å². The second-order valence-electron chi connectivity index (χ2n) is 10.0. The van der Waals surface area contributed by atoms with Crippen LogP contribution in [0.1, 0.15) is 34.5 Å². The summed E-state index contributed by atoms with van der Waals surface area (Å²) in [5.41, 5.74) is 8.17. The van der Waals surface area contributed by atoms with Gasteiger partial charge in [0.25, 0.3) is 5.91 Å². The van der Waals surface area contributed by atoms with Crippen molar-refractivity contribution in [2.24, 2.45) is 11.1 Å². The second-order valence-corrected chi connectivity index (χ2v) is 11.0. The highest BCUT2D eigenvalue weighted by molar-refractivity contribution is 7.12. The predicted molar refractivity (Wildman–Crippen MR) is 145 cm³/mol. The molecule has 4 heterocycles. The third-order valence-electron chi connectivity index (χ3n) is 7.39. The molecule has 1 spiro atoms. The summed E-state index contributed by atoms with van der Waals surface area (Å²) in [6.07, 6.45) is 4.99. The molecule has 2 aromatic heterocycles. The summed E-state index contributed by atoms with van der Waals surface area (Å²) in [6.45, 7) is 2.80. The van der Waals surface area contributed by atoms with E-state index in [1.54, 1.807) is 29.8 Å². The first-order valence-corrected chi connectivity index (χ1v) is 13.4. The van der Waals surface area contributed by atoms with E-state index < -0.39 is 12.5 Å². The lowest BCUT2D eigenvalue weighted by molar-refractivity contribution is -0.0493. The number of hydrogen-bond acceptors (Lipinski definition) is 9. The molecule has 0 unspecified atom stereocenters. The van der Waals surface area contributed by atoms with Gasteiger partial charge in [0.15, 0.2) is 5.75 Å². The number of benzene rings is 1. The number of hydrogen-bond donors (Lipinski definition) is 3. The molecule has 2 aliphatic rings. The Morgan fingerprint density at radius 1 is 1.16 bits per heavy atom. The van der Waals surface area contributed by atoms with E-state index in [1.165, 1.54) is 11.3 Å². The maximum Gasteiger partial charge on any atom is 0.387 e. The molecule has 0 radical (unpaired) electrons. The molecule has 1 aromatic carbocycles. The van der Waals surface area contributed by atoms with Crippen molar-refractivity contribution in [1.82, 2.24) is 14.9 Å². The van der Waals surface area contributed by atoms with E-state index in [0.29, 0.717) is 22.1 Å². The van der Waals surface area contributed by atoms with Crippen LogP contribution in [-0.2, 0) is 0 Å². The summed E-state index contributed by atoms with van der Waals surface area (Å²) in [5.74, 6) is 0.125. The second kappa shape index (κ2) is 10.7. The molecule has 0 aliphatic carbocycles. The Bertz CT molecular complexity index is 1310. The van der Waals surface area contributed by atoms with E-state index in [9.17, 15) is 13.6 Å².